The van der Waals surface area contributed by atoms with Crippen molar-refractivity contribution in [2.45, 2.75) is 31.8 Å². The summed E-state index contributed by atoms with van der Waals surface area (Å²) < 4.78 is 0. The second-order valence-corrected chi connectivity index (χ2v) is 5.60. The van der Waals surface area contributed by atoms with Crippen LogP contribution >= 0.6 is 11.3 Å². The zero-order valence-corrected chi connectivity index (χ0v) is 10.3. The van der Waals surface area contributed by atoms with Crippen molar-refractivity contribution in [3.8, 4) is 0 Å². The highest BCUT2D eigenvalue weighted by atomic mass is 32.1. The summed E-state index contributed by atoms with van der Waals surface area (Å²) in [4.78, 5) is 29.5. The van der Waals surface area contributed by atoms with Gasteiger partial charge in [-0.2, -0.15) is 0 Å². The van der Waals surface area contributed by atoms with Crippen LogP contribution in [0.5, 0.6) is 0 Å². The number of carbonyl (C=O) groups excluding carboxylic acids is 2. The maximum Gasteiger partial charge on any atom is 0.243 e. The van der Waals surface area contributed by atoms with Crippen LogP contribution in [0.4, 0.5) is 0 Å². The molecule has 0 aliphatic carbocycles. The summed E-state index contributed by atoms with van der Waals surface area (Å²) in [5, 5.41) is 5.73. The van der Waals surface area contributed by atoms with Crippen LogP contribution in [0.25, 0.3) is 0 Å². The largest absolute Gasteiger partial charge is 0.350 e. The van der Waals surface area contributed by atoms with Gasteiger partial charge in [-0.05, 0) is 13.3 Å². The lowest BCUT2D eigenvalue weighted by Gasteiger charge is -2.26. The number of aromatic nitrogens is 1. The summed E-state index contributed by atoms with van der Waals surface area (Å²) in [6.07, 6.45) is 1.07. The molecule has 0 saturated carbocycles. The van der Waals surface area contributed by atoms with Gasteiger partial charge in [-0.3, -0.25) is 9.59 Å². The number of likely N-dealkylation sites (tertiary alicyclic amines) is 1. The molecule has 0 spiro atoms. The number of aryl methyl sites for hydroxylation is 1. The highest BCUT2D eigenvalue weighted by molar-refractivity contribution is 7.09. The maximum atomic E-state index is 12.1. The molecule has 2 amide bonds. The first kappa shape index (κ1) is 10.7. The number of hydrogen-bond donors (Lipinski definition) is 1. The number of rotatable bonds is 2. The van der Waals surface area contributed by atoms with E-state index in [-0.39, 0.29) is 23.9 Å². The highest BCUT2D eigenvalue weighted by Crippen LogP contribution is 2.25. The Labute approximate surface area is 103 Å². The second-order valence-electron chi connectivity index (χ2n) is 4.54. The average Bonchev–Trinajstić information content (AvgIpc) is 2.93. The number of thiazole rings is 1. The van der Waals surface area contributed by atoms with Crippen LogP contribution in [0.15, 0.2) is 5.38 Å². The van der Waals surface area contributed by atoms with E-state index in [0.29, 0.717) is 13.0 Å². The van der Waals surface area contributed by atoms with Crippen molar-refractivity contribution in [3.63, 3.8) is 0 Å². The van der Waals surface area contributed by atoms with E-state index in [0.717, 1.165) is 17.1 Å². The molecule has 2 fully saturated rings. The van der Waals surface area contributed by atoms with Crippen molar-refractivity contribution < 1.29 is 9.59 Å². The number of fused-ring (bicyclic) bond motifs is 2. The van der Waals surface area contributed by atoms with Gasteiger partial charge in [0.1, 0.15) is 6.04 Å². The lowest BCUT2D eigenvalue weighted by molar-refractivity contribution is -0.139. The Morgan fingerprint density at radius 3 is 3.12 bits per heavy atom. The number of piperazine rings is 1. The molecular weight excluding hydrogens is 238 g/mol. The molecule has 90 valence electrons. The van der Waals surface area contributed by atoms with Crippen LogP contribution in [0.3, 0.4) is 0 Å². The fraction of sp³-hybridized carbons (Fsp3) is 0.545. The Morgan fingerprint density at radius 1 is 1.71 bits per heavy atom. The van der Waals surface area contributed by atoms with E-state index in [4.69, 9.17) is 0 Å². The van der Waals surface area contributed by atoms with Crippen LogP contribution in [0, 0.1) is 6.92 Å². The van der Waals surface area contributed by atoms with E-state index in [1.807, 2.05) is 12.3 Å². The Kier molecular flexibility index (Phi) is 2.39. The number of amides is 2. The zero-order chi connectivity index (χ0) is 12.0. The molecule has 1 N–H and O–H groups in total. The van der Waals surface area contributed by atoms with Crippen molar-refractivity contribution in [1.29, 1.82) is 0 Å². The quantitative estimate of drug-likeness (QED) is 0.810. The smallest absolute Gasteiger partial charge is 0.243 e. The highest BCUT2D eigenvalue weighted by Gasteiger charge is 2.45. The number of nitrogens with zero attached hydrogens (tertiary/aromatic N) is 2. The summed E-state index contributed by atoms with van der Waals surface area (Å²) in [7, 11) is 0. The number of nitrogens with one attached hydrogen (secondary N) is 1. The fourth-order valence-corrected chi connectivity index (χ4v) is 3.12. The van der Waals surface area contributed by atoms with Gasteiger partial charge in [-0.1, -0.05) is 0 Å². The Bertz CT molecular complexity index is 485. The van der Waals surface area contributed by atoms with Gasteiger partial charge in [0.15, 0.2) is 0 Å². The van der Waals surface area contributed by atoms with Gasteiger partial charge in [0.25, 0.3) is 0 Å². The minimum absolute atomic E-state index is 0.0101. The average molecular weight is 251 g/mol. The predicted molar refractivity (Wildman–Crippen MR) is 62.6 cm³/mol. The van der Waals surface area contributed by atoms with Gasteiger partial charge in [0.2, 0.25) is 11.8 Å². The van der Waals surface area contributed by atoms with Crippen LogP contribution in [-0.4, -0.2) is 40.3 Å². The minimum Gasteiger partial charge on any atom is -0.350 e. The maximum absolute atomic E-state index is 12.1. The number of carbonyl (C=O) groups is 2. The van der Waals surface area contributed by atoms with E-state index >= 15 is 0 Å². The molecule has 6 heteroatoms. The van der Waals surface area contributed by atoms with E-state index in [2.05, 4.69) is 10.3 Å². The Morgan fingerprint density at radius 2 is 2.53 bits per heavy atom. The molecular formula is C11H13N3O2S. The lowest BCUT2D eigenvalue weighted by Crippen LogP contribution is -2.50. The predicted octanol–water partition coefficient (Wildman–Crippen LogP) is 0.0933. The molecule has 2 bridgehead atoms. The first-order valence-electron chi connectivity index (χ1n) is 5.64. The standard InChI is InChI=1S/C11H13N3O2S/c1-6-12-8(5-17-6)3-10(15)14-4-7-2-9(14)11(16)13-7/h5,7,9H,2-4H2,1H3,(H,13,16)/t7-,9-/m0/s1. The third-order valence-electron chi connectivity index (χ3n) is 3.27. The summed E-state index contributed by atoms with van der Waals surface area (Å²) in [6.45, 7) is 2.57. The third-order valence-corrected chi connectivity index (χ3v) is 4.09. The molecule has 2 saturated heterocycles. The van der Waals surface area contributed by atoms with Crippen molar-refractivity contribution in [3.05, 3.63) is 16.1 Å². The van der Waals surface area contributed by atoms with E-state index in [9.17, 15) is 9.59 Å². The lowest BCUT2D eigenvalue weighted by atomic mass is 10.2. The molecule has 2 aliphatic rings. The molecule has 3 rings (SSSR count). The molecule has 5 nitrogen and oxygen atoms in total. The zero-order valence-electron chi connectivity index (χ0n) is 9.47. The fourth-order valence-electron chi connectivity index (χ4n) is 2.51. The topological polar surface area (TPSA) is 62.3 Å². The van der Waals surface area contributed by atoms with E-state index in [1.54, 1.807) is 16.2 Å². The molecule has 1 aromatic heterocycles. The van der Waals surface area contributed by atoms with Gasteiger partial charge in [-0.25, -0.2) is 4.98 Å². The molecule has 3 heterocycles. The number of hydrogen-bond acceptors (Lipinski definition) is 4. The van der Waals surface area contributed by atoms with Crippen LogP contribution in [0.2, 0.25) is 0 Å². The van der Waals surface area contributed by atoms with Gasteiger partial charge >= 0.3 is 0 Å². The van der Waals surface area contributed by atoms with Gasteiger partial charge in [-0.15, -0.1) is 11.3 Å². The molecule has 0 unspecified atom stereocenters. The van der Waals surface area contributed by atoms with Crippen LogP contribution in [-0.2, 0) is 16.0 Å². The van der Waals surface area contributed by atoms with Crippen molar-refractivity contribution in [2.75, 3.05) is 6.54 Å². The minimum atomic E-state index is -0.243. The molecule has 0 radical (unpaired) electrons. The second kappa shape index (κ2) is 3.80. The first-order chi connectivity index (χ1) is 8.13. The Hall–Kier alpha value is -1.43. The van der Waals surface area contributed by atoms with E-state index in [1.165, 1.54) is 0 Å². The first-order valence-corrected chi connectivity index (χ1v) is 6.52. The SMILES string of the molecule is Cc1nc(CC(=O)N2C[C@@H]3C[C@H]2C(=O)N3)cs1. The molecule has 2 atom stereocenters. The molecule has 17 heavy (non-hydrogen) atoms. The van der Waals surface area contributed by atoms with Crippen LogP contribution in [0.1, 0.15) is 17.1 Å². The van der Waals surface area contributed by atoms with Gasteiger partial charge in [0.05, 0.1) is 17.1 Å². The van der Waals surface area contributed by atoms with Crippen LogP contribution < -0.4 is 5.32 Å². The van der Waals surface area contributed by atoms with Gasteiger partial charge in [0, 0.05) is 18.0 Å². The van der Waals surface area contributed by atoms with E-state index < -0.39 is 0 Å². The van der Waals surface area contributed by atoms with Gasteiger partial charge < -0.3 is 10.2 Å². The Balaban J connectivity index is 1.69. The molecule has 0 aromatic carbocycles. The van der Waals surface area contributed by atoms with Crippen molar-refractivity contribution in [1.82, 2.24) is 15.2 Å². The summed E-state index contributed by atoms with van der Waals surface area (Å²) in [5.74, 6) is 0.00158. The van der Waals surface area contributed by atoms with Crippen molar-refractivity contribution in [2.24, 2.45) is 0 Å². The third kappa shape index (κ3) is 1.82. The summed E-state index contributed by atoms with van der Waals surface area (Å²) in [5.41, 5.74) is 0.806. The summed E-state index contributed by atoms with van der Waals surface area (Å²) in [6, 6.07) is -0.0825. The monoisotopic (exact) mass is 251 g/mol. The molecule has 2 aliphatic heterocycles. The normalized spacial score (nSPS) is 26.4. The molecule has 1 aromatic rings. The van der Waals surface area contributed by atoms with Crippen molar-refractivity contribution >= 4 is 23.2 Å². The summed E-state index contributed by atoms with van der Waals surface area (Å²) >= 11 is 1.54.